The minimum Gasteiger partial charge on any atom is -0.507 e. The summed E-state index contributed by atoms with van der Waals surface area (Å²) in [5.74, 6) is -3.40. The van der Waals surface area contributed by atoms with Crippen LogP contribution in [0.3, 0.4) is 0 Å². The minimum atomic E-state index is -1.11. The number of nitro groups is 1. The van der Waals surface area contributed by atoms with Crippen molar-refractivity contribution < 1.29 is 29.5 Å². The van der Waals surface area contributed by atoms with E-state index in [9.17, 15) is 34.7 Å². The molecule has 2 aromatic heterocycles. The van der Waals surface area contributed by atoms with E-state index < -0.39 is 34.4 Å². The number of thiazole rings is 1. The molecule has 35 heavy (non-hydrogen) atoms. The first-order chi connectivity index (χ1) is 16.8. The van der Waals surface area contributed by atoms with E-state index in [1.165, 1.54) is 58.7 Å². The largest absolute Gasteiger partial charge is 0.507 e. The van der Waals surface area contributed by atoms with Crippen LogP contribution >= 0.6 is 22.7 Å². The highest BCUT2D eigenvalue weighted by atomic mass is 32.1. The molecule has 0 spiro atoms. The summed E-state index contributed by atoms with van der Waals surface area (Å²) in [6.07, 6.45) is 0. The number of carbonyl (C=O) groups is 3. The highest BCUT2D eigenvalue weighted by Gasteiger charge is 2.48. The number of benzene rings is 2. The summed E-state index contributed by atoms with van der Waals surface area (Å²) in [4.78, 5) is 54.2. The molecule has 1 aliphatic rings. The molecule has 1 unspecified atom stereocenters. The average Bonchev–Trinajstić information content (AvgIpc) is 3.57. The van der Waals surface area contributed by atoms with Gasteiger partial charge in [0.05, 0.1) is 26.3 Å². The number of hydrogen-bond acceptors (Lipinski definition) is 9. The van der Waals surface area contributed by atoms with Crippen LogP contribution in [0.5, 0.6) is 0 Å². The summed E-state index contributed by atoms with van der Waals surface area (Å²) in [6.45, 7) is 0. The van der Waals surface area contributed by atoms with Crippen molar-refractivity contribution in [1.29, 1.82) is 0 Å². The molecule has 0 aliphatic carbocycles. The molecule has 12 heteroatoms. The second-order valence-corrected chi connectivity index (χ2v) is 9.46. The number of non-ortho nitro benzene ring substituents is 1. The highest BCUT2D eigenvalue weighted by molar-refractivity contribution is 7.22. The number of aromatic carboxylic acids is 1. The quantitative estimate of drug-likeness (QED) is 0.131. The fourth-order valence-electron chi connectivity index (χ4n) is 3.79. The van der Waals surface area contributed by atoms with Gasteiger partial charge in [-0.2, -0.15) is 0 Å². The Bertz CT molecular complexity index is 1560. The zero-order valence-corrected chi connectivity index (χ0v) is 19.1. The Kier molecular flexibility index (Phi) is 5.38. The number of hydrogen-bond donors (Lipinski definition) is 2. The number of amides is 1. The maximum Gasteiger partial charge on any atom is 0.335 e. The molecule has 2 N–H and O–H groups in total. The van der Waals surface area contributed by atoms with Crippen LogP contribution < -0.4 is 4.90 Å². The van der Waals surface area contributed by atoms with E-state index >= 15 is 0 Å². The number of carboxylic acids is 1. The van der Waals surface area contributed by atoms with Gasteiger partial charge in [-0.05, 0) is 41.8 Å². The van der Waals surface area contributed by atoms with Crippen molar-refractivity contribution in [3.63, 3.8) is 0 Å². The van der Waals surface area contributed by atoms with E-state index in [0.717, 1.165) is 11.3 Å². The number of fused-ring (bicyclic) bond motifs is 1. The zero-order valence-electron chi connectivity index (χ0n) is 17.4. The normalized spacial score (nSPS) is 17.3. The van der Waals surface area contributed by atoms with E-state index in [4.69, 9.17) is 0 Å². The molecule has 1 saturated heterocycles. The molecule has 0 saturated carbocycles. The number of aliphatic hydroxyl groups is 1. The summed E-state index contributed by atoms with van der Waals surface area (Å²) in [7, 11) is 0. The Hall–Kier alpha value is -4.42. The molecule has 0 bridgehead atoms. The van der Waals surface area contributed by atoms with Gasteiger partial charge in [0.25, 0.3) is 11.5 Å². The van der Waals surface area contributed by atoms with Crippen molar-refractivity contribution in [2.75, 3.05) is 4.90 Å². The fraction of sp³-hybridized carbons (Fsp3) is 0.0435. The molecule has 10 nitrogen and oxygen atoms in total. The minimum absolute atomic E-state index is 0.0581. The number of aromatic nitrogens is 1. The number of aliphatic hydroxyl groups excluding tert-OH is 1. The van der Waals surface area contributed by atoms with Crippen LogP contribution in [0, 0.1) is 10.1 Å². The molecule has 0 radical (unpaired) electrons. The van der Waals surface area contributed by atoms with Gasteiger partial charge in [0.2, 0.25) is 0 Å². The van der Waals surface area contributed by atoms with Crippen molar-refractivity contribution in [3.05, 3.63) is 91.7 Å². The van der Waals surface area contributed by atoms with E-state index in [2.05, 4.69) is 4.98 Å². The van der Waals surface area contributed by atoms with Gasteiger partial charge in [-0.15, -0.1) is 11.3 Å². The Morgan fingerprint density at radius 3 is 2.40 bits per heavy atom. The van der Waals surface area contributed by atoms with Crippen LogP contribution in [-0.2, 0) is 9.59 Å². The van der Waals surface area contributed by atoms with Gasteiger partial charge in [0.15, 0.2) is 5.13 Å². The first-order valence-electron chi connectivity index (χ1n) is 9.99. The number of ketones is 1. The predicted octanol–water partition coefficient (Wildman–Crippen LogP) is 4.59. The van der Waals surface area contributed by atoms with Crippen LogP contribution in [0.15, 0.2) is 65.6 Å². The summed E-state index contributed by atoms with van der Waals surface area (Å²) in [6, 6.07) is 11.8. The Morgan fingerprint density at radius 1 is 1.06 bits per heavy atom. The number of nitrogens with zero attached hydrogens (tertiary/aromatic N) is 3. The lowest BCUT2D eigenvalue weighted by Gasteiger charge is -2.21. The molecule has 5 rings (SSSR count). The molecular weight excluding hydrogens is 494 g/mol. The Morgan fingerprint density at radius 2 is 1.77 bits per heavy atom. The lowest BCUT2D eigenvalue weighted by molar-refractivity contribution is -0.384. The van der Waals surface area contributed by atoms with Crippen LogP contribution in [-0.4, -0.2) is 37.8 Å². The molecule has 174 valence electrons. The number of anilines is 1. The van der Waals surface area contributed by atoms with Crippen LogP contribution in [0.25, 0.3) is 16.0 Å². The number of carboxylic acid groups (broad SMARTS) is 1. The smallest absolute Gasteiger partial charge is 0.335 e. The number of nitro benzene ring substituents is 1. The lowest BCUT2D eigenvalue weighted by atomic mass is 10.00. The van der Waals surface area contributed by atoms with Gasteiger partial charge in [-0.25, -0.2) is 9.78 Å². The molecule has 1 aliphatic heterocycles. The molecular formula is C23H13N3O7S2. The molecule has 1 amide bonds. The third-order valence-corrected chi connectivity index (χ3v) is 7.38. The number of Topliss-reactive ketones (excluding diaryl/α,β-unsaturated/α-hetero) is 1. The Labute approximate surface area is 204 Å². The monoisotopic (exact) mass is 507 g/mol. The fourth-order valence-corrected chi connectivity index (χ4v) is 5.65. The third-order valence-electron chi connectivity index (χ3n) is 5.44. The van der Waals surface area contributed by atoms with Crippen molar-refractivity contribution in [2.24, 2.45) is 0 Å². The van der Waals surface area contributed by atoms with E-state index in [-0.39, 0.29) is 27.5 Å². The van der Waals surface area contributed by atoms with Crippen molar-refractivity contribution in [2.45, 2.75) is 6.04 Å². The SMILES string of the molecule is O=C1C(=O)N(c2nc3ccc(C(=O)O)cc3s2)C(c2cccs2)/C1=C(\O)c1ccc([N+](=O)[O-])cc1. The topological polar surface area (TPSA) is 151 Å². The predicted molar refractivity (Wildman–Crippen MR) is 129 cm³/mol. The first kappa shape index (κ1) is 22.4. The number of rotatable bonds is 5. The maximum absolute atomic E-state index is 13.2. The van der Waals surface area contributed by atoms with Gasteiger partial charge in [0.1, 0.15) is 11.8 Å². The summed E-state index contributed by atoms with van der Waals surface area (Å²) in [5.41, 5.74) is 0.300. The summed E-state index contributed by atoms with van der Waals surface area (Å²) >= 11 is 2.33. The van der Waals surface area contributed by atoms with Gasteiger partial charge < -0.3 is 10.2 Å². The van der Waals surface area contributed by atoms with E-state index in [0.29, 0.717) is 15.1 Å². The van der Waals surface area contributed by atoms with Crippen molar-refractivity contribution in [1.82, 2.24) is 4.98 Å². The second-order valence-electron chi connectivity index (χ2n) is 7.47. The van der Waals surface area contributed by atoms with Crippen LogP contribution in [0.4, 0.5) is 10.8 Å². The van der Waals surface area contributed by atoms with E-state index in [1.807, 2.05) is 0 Å². The average molecular weight is 508 g/mol. The molecule has 2 aromatic carbocycles. The van der Waals surface area contributed by atoms with Gasteiger partial charge in [-0.3, -0.25) is 24.6 Å². The Balaban J connectivity index is 1.66. The van der Waals surface area contributed by atoms with Gasteiger partial charge in [-0.1, -0.05) is 17.4 Å². The zero-order chi connectivity index (χ0) is 24.9. The van der Waals surface area contributed by atoms with E-state index in [1.54, 1.807) is 17.5 Å². The lowest BCUT2D eigenvalue weighted by Crippen LogP contribution is -2.28. The molecule has 3 heterocycles. The van der Waals surface area contributed by atoms with Crippen molar-refractivity contribution >= 4 is 67.1 Å². The van der Waals surface area contributed by atoms with Crippen molar-refractivity contribution in [3.8, 4) is 0 Å². The standard InChI is InChI=1S/C23H13N3O7S2/c27-19(11-3-6-13(7-4-11)26(32)33)17-18(15-2-1-9-34-15)25(21(29)20(17)28)23-24-14-8-5-12(22(30)31)10-16(14)35-23/h1-10,18,27H,(H,30,31)/b19-17+. The second kappa shape index (κ2) is 8.42. The van der Waals surface area contributed by atoms with Gasteiger partial charge in [0, 0.05) is 22.6 Å². The molecule has 1 atom stereocenters. The summed E-state index contributed by atoms with van der Waals surface area (Å²) in [5, 5.41) is 33.2. The summed E-state index contributed by atoms with van der Waals surface area (Å²) < 4.78 is 0.516. The number of thiophene rings is 1. The first-order valence-corrected chi connectivity index (χ1v) is 11.7. The van der Waals surface area contributed by atoms with Gasteiger partial charge >= 0.3 is 11.9 Å². The third kappa shape index (κ3) is 3.74. The number of carbonyl (C=O) groups excluding carboxylic acids is 2. The maximum atomic E-state index is 13.2. The van der Waals surface area contributed by atoms with Crippen LogP contribution in [0.1, 0.15) is 26.8 Å². The molecule has 1 fully saturated rings. The highest BCUT2D eigenvalue weighted by Crippen LogP contribution is 2.45. The molecule has 4 aromatic rings. The van der Waals surface area contributed by atoms with Crippen LogP contribution in [0.2, 0.25) is 0 Å².